The Kier molecular flexibility index (Phi) is 4.55. The van der Waals surface area contributed by atoms with Crippen molar-refractivity contribution in [2.24, 2.45) is 0 Å². The van der Waals surface area contributed by atoms with Gasteiger partial charge >= 0.3 is 0 Å². The summed E-state index contributed by atoms with van der Waals surface area (Å²) in [6.07, 6.45) is 5.90. The molecule has 0 amide bonds. The SMILES string of the molecule is C[C@]1(O)C(n2cnc3c(NC4CCCCC4)ncnc32)O[C@H](CO)[C@H]1O. The molecule has 9 nitrogen and oxygen atoms in total. The molecule has 0 aromatic carbocycles. The normalized spacial score (nSPS) is 33.0. The topological polar surface area (TPSA) is 126 Å². The number of rotatable bonds is 4. The van der Waals surface area contributed by atoms with Crippen molar-refractivity contribution in [3.8, 4) is 0 Å². The molecule has 0 spiro atoms. The van der Waals surface area contributed by atoms with E-state index in [1.165, 1.54) is 38.8 Å². The van der Waals surface area contributed by atoms with Crippen LogP contribution in [0, 0.1) is 0 Å². The molecule has 3 heterocycles. The van der Waals surface area contributed by atoms with Crippen molar-refractivity contribution in [3.05, 3.63) is 12.7 Å². The highest BCUT2D eigenvalue weighted by molar-refractivity contribution is 5.82. The van der Waals surface area contributed by atoms with Crippen molar-refractivity contribution in [2.45, 2.75) is 69.1 Å². The Balaban J connectivity index is 1.66. The maximum Gasteiger partial charge on any atom is 0.168 e. The van der Waals surface area contributed by atoms with Gasteiger partial charge < -0.3 is 25.4 Å². The Morgan fingerprint density at radius 1 is 1.27 bits per heavy atom. The van der Waals surface area contributed by atoms with E-state index in [0.29, 0.717) is 23.0 Å². The largest absolute Gasteiger partial charge is 0.394 e. The zero-order valence-electron chi connectivity index (χ0n) is 14.7. The minimum absolute atomic E-state index is 0.374. The van der Waals surface area contributed by atoms with Gasteiger partial charge in [-0.05, 0) is 19.8 Å². The van der Waals surface area contributed by atoms with E-state index in [2.05, 4.69) is 20.3 Å². The lowest BCUT2D eigenvalue weighted by atomic mass is 9.95. The van der Waals surface area contributed by atoms with E-state index in [4.69, 9.17) is 4.74 Å². The van der Waals surface area contributed by atoms with Crippen LogP contribution >= 0.6 is 0 Å². The van der Waals surface area contributed by atoms with Crippen LogP contribution in [0.2, 0.25) is 0 Å². The molecular weight excluding hydrogens is 338 g/mol. The maximum absolute atomic E-state index is 10.7. The van der Waals surface area contributed by atoms with Crippen LogP contribution in [0.5, 0.6) is 0 Å². The molecule has 1 saturated heterocycles. The highest BCUT2D eigenvalue weighted by atomic mass is 16.6. The van der Waals surface area contributed by atoms with Gasteiger partial charge in [0, 0.05) is 6.04 Å². The van der Waals surface area contributed by atoms with E-state index >= 15 is 0 Å². The number of ether oxygens (including phenoxy) is 1. The van der Waals surface area contributed by atoms with Gasteiger partial charge in [-0.2, -0.15) is 0 Å². The number of hydrogen-bond donors (Lipinski definition) is 4. The van der Waals surface area contributed by atoms with Gasteiger partial charge in [-0.3, -0.25) is 4.57 Å². The minimum atomic E-state index is -1.58. The Morgan fingerprint density at radius 2 is 2.04 bits per heavy atom. The number of fused-ring (bicyclic) bond motifs is 1. The first kappa shape index (κ1) is 17.6. The number of aliphatic hydroxyl groups is 3. The predicted molar refractivity (Wildman–Crippen MR) is 93.4 cm³/mol. The van der Waals surface area contributed by atoms with Crippen LogP contribution in [0.1, 0.15) is 45.3 Å². The quantitative estimate of drug-likeness (QED) is 0.621. The zero-order chi connectivity index (χ0) is 18.3. The summed E-state index contributed by atoms with van der Waals surface area (Å²) in [5, 5.41) is 33.7. The molecule has 4 atom stereocenters. The van der Waals surface area contributed by atoms with Crippen LogP contribution in [-0.2, 0) is 4.74 Å². The average Bonchev–Trinajstić information content (AvgIpc) is 3.16. The summed E-state index contributed by atoms with van der Waals surface area (Å²) < 4.78 is 7.26. The van der Waals surface area contributed by atoms with E-state index in [1.807, 2.05) is 0 Å². The fourth-order valence-electron chi connectivity index (χ4n) is 3.96. The van der Waals surface area contributed by atoms with Crippen molar-refractivity contribution in [3.63, 3.8) is 0 Å². The molecule has 2 aromatic heterocycles. The number of imidazole rings is 1. The highest BCUT2D eigenvalue weighted by Crippen LogP contribution is 2.39. The molecule has 142 valence electrons. The molecule has 0 radical (unpaired) electrons. The van der Waals surface area contributed by atoms with E-state index < -0.39 is 24.0 Å². The standard InChI is InChI=1S/C17H25N5O4/c1-17(25)13(24)11(7-23)26-16(17)22-9-20-12-14(18-8-19-15(12)22)21-10-5-3-2-4-6-10/h8-11,13,16,23-25H,2-7H2,1H3,(H,18,19,21)/t11-,13-,16?,17-/m1/s1. The van der Waals surface area contributed by atoms with Crippen molar-refractivity contribution >= 4 is 17.0 Å². The monoisotopic (exact) mass is 363 g/mol. The molecule has 1 aliphatic heterocycles. The van der Waals surface area contributed by atoms with Crippen molar-refractivity contribution in [2.75, 3.05) is 11.9 Å². The van der Waals surface area contributed by atoms with E-state index in [9.17, 15) is 15.3 Å². The van der Waals surface area contributed by atoms with Gasteiger partial charge in [-0.15, -0.1) is 0 Å². The van der Waals surface area contributed by atoms with Crippen LogP contribution in [0.25, 0.3) is 11.2 Å². The van der Waals surface area contributed by atoms with Gasteiger partial charge in [-0.1, -0.05) is 19.3 Å². The fraction of sp³-hybridized carbons (Fsp3) is 0.706. The first-order valence-electron chi connectivity index (χ1n) is 9.13. The number of anilines is 1. The van der Waals surface area contributed by atoms with E-state index in [-0.39, 0.29) is 6.61 Å². The first-order chi connectivity index (χ1) is 12.5. The van der Waals surface area contributed by atoms with Crippen molar-refractivity contribution < 1.29 is 20.1 Å². The van der Waals surface area contributed by atoms with Gasteiger partial charge in [0.05, 0.1) is 12.9 Å². The van der Waals surface area contributed by atoms with Gasteiger partial charge in [0.25, 0.3) is 0 Å². The smallest absolute Gasteiger partial charge is 0.168 e. The highest BCUT2D eigenvalue weighted by Gasteiger charge is 2.53. The first-order valence-corrected chi connectivity index (χ1v) is 9.13. The lowest BCUT2D eigenvalue weighted by molar-refractivity contribution is -0.0950. The molecule has 4 N–H and O–H groups in total. The van der Waals surface area contributed by atoms with Gasteiger partial charge in [0.1, 0.15) is 24.1 Å². The second-order valence-electron chi connectivity index (χ2n) is 7.41. The summed E-state index contributed by atoms with van der Waals surface area (Å²) in [6.45, 7) is 1.09. The van der Waals surface area contributed by atoms with Gasteiger partial charge in [0.2, 0.25) is 0 Å². The predicted octanol–water partition coefficient (Wildman–Crippen LogP) is 0.572. The molecule has 9 heteroatoms. The summed E-state index contributed by atoms with van der Waals surface area (Å²) in [5.74, 6) is 0.664. The fourth-order valence-corrected chi connectivity index (χ4v) is 3.96. The minimum Gasteiger partial charge on any atom is -0.394 e. The number of nitrogens with one attached hydrogen (secondary N) is 1. The van der Waals surface area contributed by atoms with Crippen molar-refractivity contribution in [1.82, 2.24) is 19.5 Å². The molecule has 1 saturated carbocycles. The Hall–Kier alpha value is -1.81. The zero-order valence-corrected chi connectivity index (χ0v) is 14.7. The molecule has 2 fully saturated rings. The molecule has 0 bridgehead atoms. The summed E-state index contributed by atoms with van der Waals surface area (Å²) in [7, 11) is 0. The lowest BCUT2D eigenvalue weighted by Crippen LogP contribution is -2.44. The molecular formula is C17H25N5O4. The number of aliphatic hydroxyl groups excluding tert-OH is 2. The third-order valence-electron chi connectivity index (χ3n) is 5.49. The van der Waals surface area contributed by atoms with Crippen molar-refractivity contribution in [1.29, 1.82) is 0 Å². The average molecular weight is 363 g/mol. The van der Waals surface area contributed by atoms with Crippen LogP contribution in [-0.4, -0.2) is 65.3 Å². The molecule has 2 aromatic rings. The Labute approximate surface area is 151 Å². The van der Waals surface area contributed by atoms with Crippen LogP contribution < -0.4 is 5.32 Å². The summed E-state index contributed by atoms with van der Waals surface area (Å²) in [4.78, 5) is 13.0. The second-order valence-corrected chi connectivity index (χ2v) is 7.41. The molecule has 1 unspecified atom stereocenters. The Morgan fingerprint density at radius 3 is 2.73 bits per heavy atom. The van der Waals surface area contributed by atoms with Crippen LogP contribution in [0.4, 0.5) is 5.82 Å². The maximum atomic E-state index is 10.7. The van der Waals surface area contributed by atoms with Gasteiger partial charge in [-0.25, -0.2) is 15.0 Å². The van der Waals surface area contributed by atoms with Crippen LogP contribution in [0.3, 0.4) is 0 Å². The number of aromatic nitrogens is 4. The molecule has 4 rings (SSSR count). The summed E-state index contributed by atoms with van der Waals surface area (Å²) in [6, 6.07) is 0.374. The lowest BCUT2D eigenvalue weighted by Gasteiger charge is -2.27. The number of hydrogen-bond acceptors (Lipinski definition) is 8. The second kappa shape index (κ2) is 6.73. The van der Waals surface area contributed by atoms with Gasteiger partial charge in [0.15, 0.2) is 23.2 Å². The Bertz CT molecular complexity index is 774. The van der Waals surface area contributed by atoms with Crippen LogP contribution in [0.15, 0.2) is 12.7 Å². The molecule has 1 aliphatic carbocycles. The third-order valence-corrected chi connectivity index (χ3v) is 5.49. The molecule has 2 aliphatic rings. The van der Waals surface area contributed by atoms with E-state index in [1.54, 1.807) is 4.57 Å². The summed E-state index contributed by atoms with van der Waals surface area (Å²) in [5.41, 5.74) is -0.475. The molecule has 26 heavy (non-hydrogen) atoms. The third kappa shape index (κ3) is 2.84. The summed E-state index contributed by atoms with van der Waals surface area (Å²) >= 11 is 0. The number of nitrogens with zero attached hydrogens (tertiary/aromatic N) is 4. The van der Waals surface area contributed by atoms with E-state index in [0.717, 1.165) is 12.8 Å².